The van der Waals surface area contributed by atoms with E-state index in [-0.39, 0.29) is 0 Å². The van der Waals surface area contributed by atoms with Gasteiger partial charge in [-0.25, -0.2) is 4.98 Å². The summed E-state index contributed by atoms with van der Waals surface area (Å²) in [4.78, 5) is 4.92. The normalized spacial score (nSPS) is 11.0. The third-order valence-corrected chi connectivity index (χ3v) is 4.08. The summed E-state index contributed by atoms with van der Waals surface area (Å²) in [5.41, 5.74) is 12.5. The molecule has 0 spiro atoms. The highest BCUT2D eigenvalue weighted by Crippen LogP contribution is 2.20. The van der Waals surface area contributed by atoms with Crippen molar-refractivity contribution in [1.82, 2.24) is 9.55 Å². The van der Waals surface area contributed by atoms with Crippen molar-refractivity contribution in [1.29, 1.82) is 0 Å². The summed E-state index contributed by atoms with van der Waals surface area (Å²) in [5, 5.41) is 0. The Hall–Kier alpha value is -2.20. The van der Waals surface area contributed by atoms with Crippen LogP contribution in [0.5, 0.6) is 0 Å². The number of benzene rings is 2. The summed E-state index contributed by atoms with van der Waals surface area (Å²) in [6.45, 7) is 4.94. The highest BCUT2D eigenvalue weighted by atomic mass is 32.1. The molecule has 0 atom stereocenters. The molecule has 3 aromatic rings. The predicted molar refractivity (Wildman–Crippen MR) is 90.6 cm³/mol. The molecular formula is C17H17N3S. The van der Waals surface area contributed by atoms with Gasteiger partial charge in [-0.15, -0.1) is 0 Å². The molecular weight excluding hydrogens is 278 g/mol. The number of hydrogen-bond donors (Lipinski definition) is 1. The average molecular weight is 295 g/mol. The molecule has 2 N–H and O–H groups in total. The topological polar surface area (TPSA) is 43.8 Å². The molecule has 4 heteroatoms. The molecule has 21 heavy (non-hydrogen) atoms. The third kappa shape index (κ3) is 2.54. The van der Waals surface area contributed by atoms with Gasteiger partial charge in [0.25, 0.3) is 0 Å². The first-order chi connectivity index (χ1) is 10.1. The Morgan fingerprint density at radius 1 is 1.19 bits per heavy atom. The molecule has 3 nitrogen and oxygen atoms in total. The van der Waals surface area contributed by atoms with E-state index in [1.807, 2.05) is 24.5 Å². The molecule has 0 aliphatic carbocycles. The fraction of sp³-hybridized carbons (Fsp3) is 0.176. The van der Waals surface area contributed by atoms with E-state index in [9.17, 15) is 0 Å². The molecule has 0 saturated carbocycles. The summed E-state index contributed by atoms with van der Waals surface area (Å²) in [5.74, 6) is 0. The van der Waals surface area contributed by atoms with Crippen molar-refractivity contribution >= 4 is 28.2 Å². The smallest absolute Gasteiger partial charge is 0.104 e. The predicted octanol–water partition coefficient (Wildman–Crippen LogP) is 3.34. The lowest BCUT2D eigenvalue weighted by atomic mass is 10.1. The number of thiocarbonyl (C=S) groups is 1. The van der Waals surface area contributed by atoms with E-state index in [2.05, 4.69) is 41.6 Å². The van der Waals surface area contributed by atoms with E-state index in [0.29, 0.717) is 11.5 Å². The Kier molecular flexibility index (Phi) is 3.47. The van der Waals surface area contributed by atoms with Crippen molar-refractivity contribution in [3.05, 3.63) is 65.0 Å². The SMILES string of the molecule is Cc1cc2ncn(Cc3ccccc3C(N)=S)c2cc1C. The highest BCUT2D eigenvalue weighted by Gasteiger charge is 2.09. The molecule has 0 bridgehead atoms. The number of fused-ring (bicyclic) bond motifs is 1. The van der Waals surface area contributed by atoms with Crippen molar-refractivity contribution in [2.75, 3.05) is 0 Å². The van der Waals surface area contributed by atoms with Crippen LogP contribution in [0.2, 0.25) is 0 Å². The molecule has 1 aromatic heterocycles. The Balaban J connectivity index is 2.07. The lowest BCUT2D eigenvalue weighted by Crippen LogP contribution is -2.13. The third-order valence-electron chi connectivity index (χ3n) is 3.86. The fourth-order valence-corrected chi connectivity index (χ4v) is 2.72. The monoisotopic (exact) mass is 295 g/mol. The maximum Gasteiger partial charge on any atom is 0.104 e. The maximum absolute atomic E-state index is 5.81. The minimum absolute atomic E-state index is 0.432. The quantitative estimate of drug-likeness (QED) is 0.754. The minimum atomic E-state index is 0.432. The molecule has 0 saturated heterocycles. The number of nitrogens with zero attached hydrogens (tertiary/aromatic N) is 2. The summed E-state index contributed by atoms with van der Waals surface area (Å²) < 4.78 is 2.14. The molecule has 0 aliphatic heterocycles. The highest BCUT2D eigenvalue weighted by molar-refractivity contribution is 7.80. The summed E-state index contributed by atoms with van der Waals surface area (Å²) in [6.07, 6.45) is 1.87. The Morgan fingerprint density at radius 3 is 2.67 bits per heavy atom. The summed E-state index contributed by atoms with van der Waals surface area (Å²) >= 11 is 5.13. The molecule has 2 aromatic carbocycles. The zero-order valence-electron chi connectivity index (χ0n) is 12.1. The van der Waals surface area contributed by atoms with Crippen LogP contribution in [-0.4, -0.2) is 14.5 Å². The second-order valence-electron chi connectivity index (χ2n) is 5.32. The standard InChI is InChI=1S/C17H17N3S/c1-11-7-15-16(8-12(11)2)20(10-19-15)9-13-5-3-4-6-14(13)17(18)21/h3-8,10H,9H2,1-2H3,(H2,18,21). The molecule has 1 heterocycles. The van der Waals surface area contributed by atoms with Crippen molar-refractivity contribution in [3.8, 4) is 0 Å². The molecule has 0 fully saturated rings. The van der Waals surface area contributed by atoms with Gasteiger partial charge in [0.15, 0.2) is 0 Å². The number of aryl methyl sites for hydroxylation is 2. The Morgan fingerprint density at radius 2 is 1.90 bits per heavy atom. The van der Waals surface area contributed by atoms with Crippen LogP contribution in [0.4, 0.5) is 0 Å². The van der Waals surface area contributed by atoms with Gasteiger partial charge in [0.1, 0.15) is 4.99 Å². The number of nitrogens with two attached hydrogens (primary N) is 1. The van der Waals surface area contributed by atoms with Gasteiger partial charge in [0.05, 0.1) is 17.4 Å². The van der Waals surface area contributed by atoms with Crippen molar-refractivity contribution < 1.29 is 0 Å². The Labute approximate surface area is 129 Å². The van der Waals surface area contributed by atoms with Gasteiger partial charge in [0.2, 0.25) is 0 Å². The van der Waals surface area contributed by atoms with Gasteiger partial charge in [-0.1, -0.05) is 36.5 Å². The van der Waals surface area contributed by atoms with E-state index in [1.54, 1.807) is 0 Å². The average Bonchev–Trinajstić information content (AvgIpc) is 2.82. The van der Waals surface area contributed by atoms with Crippen LogP contribution in [0, 0.1) is 13.8 Å². The number of imidazole rings is 1. The van der Waals surface area contributed by atoms with Gasteiger partial charge in [-0.2, -0.15) is 0 Å². The van der Waals surface area contributed by atoms with E-state index in [1.165, 1.54) is 11.1 Å². The lowest BCUT2D eigenvalue weighted by molar-refractivity contribution is 0.823. The summed E-state index contributed by atoms with van der Waals surface area (Å²) in [7, 11) is 0. The van der Waals surface area contributed by atoms with E-state index < -0.39 is 0 Å². The summed E-state index contributed by atoms with van der Waals surface area (Å²) in [6, 6.07) is 12.3. The number of hydrogen-bond acceptors (Lipinski definition) is 2. The maximum atomic E-state index is 5.81. The fourth-order valence-electron chi connectivity index (χ4n) is 2.52. The van der Waals surface area contributed by atoms with Crippen LogP contribution >= 0.6 is 12.2 Å². The number of rotatable bonds is 3. The van der Waals surface area contributed by atoms with Crippen LogP contribution < -0.4 is 5.73 Å². The van der Waals surface area contributed by atoms with Crippen molar-refractivity contribution in [2.24, 2.45) is 5.73 Å². The van der Waals surface area contributed by atoms with Crippen LogP contribution in [-0.2, 0) is 6.54 Å². The van der Waals surface area contributed by atoms with Gasteiger partial charge in [-0.05, 0) is 42.7 Å². The largest absolute Gasteiger partial charge is 0.389 e. The molecule has 0 aliphatic rings. The van der Waals surface area contributed by atoms with E-state index >= 15 is 0 Å². The van der Waals surface area contributed by atoms with E-state index in [4.69, 9.17) is 18.0 Å². The zero-order chi connectivity index (χ0) is 15.0. The van der Waals surface area contributed by atoms with Crippen molar-refractivity contribution in [2.45, 2.75) is 20.4 Å². The second kappa shape index (κ2) is 5.30. The van der Waals surface area contributed by atoms with Gasteiger partial charge < -0.3 is 10.3 Å². The first-order valence-electron chi connectivity index (χ1n) is 6.86. The number of aromatic nitrogens is 2. The molecule has 0 radical (unpaired) electrons. The lowest BCUT2D eigenvalue weighted by Gasteiger charge is -2.10. The molecule has 3 rings (SSSR count). The minimum Gasteiger partial charge on any atom is -0.389 e. The zero-order valence-corrected chi connectivity index (χ0v) is 12.9. The van der Waals surface area contributed by atoms with Gasteiger partial charge >= 0.3 is 0 Å². The van der Waals surface area contributed by atoms with E-state index in [0.717, 1.165) is 22.2 Å². The van der Waals surface area contributed by atoms with Crippen LogP contribution in [0.15, 0.2) is 42.7 Å². The first-order valence-corrected chi connectivity index (χ1v) is 7.27. The van der Waals surface area contributed by atoms with Crippen LogP contribution in [0.25, 0.3) is 11.0 Å². The van der Waals surface area contributed by atoms with Crippen LogP contribution in [0.3, 0.4) is 0 Å². The van der Waals surface area contributed by atoms with Crippen LogP contribution in [0.1, 0.15) is 22.3 Å². The van der Waals surface area contributed by atoms with Crippen molar-refractivity contribution in [3.63, 3.8) is 0 Å². The molecule has 106 valence electrons. The Bertz CT molecular complexity index is 833. The van der Waals surface area contributed by atoms with Gasteiger partial charge in [-0.3, -0.25) is 0 Å². The van der Waals surface area contributed by atoms with Gasteiger partial charge in [0, 0.05) is 12.1 Å². The first kappa shape index (κ1) is 13.8. The molecule has 0 amide bonds. The molecule has 0 unspecified atom stereocenters. The second-order valence-corrected chi connectivity index (χ2v) is 5.76.